The number of aliphatic hydroxyl groups is 1. The van der Waals surface area contributed by atoms with Crippen molar-refractivity contribution in [3.63, 3.8) is 0 Å². The van der Waals surface area contributed by atoms with Gasteiger partial charge >= 0.3 is 0 Å². The molecule has 1 atom stereocenters. The number of amides is 1. The summed E-state index contributed by atoms with van der Waals surface area (Å²) in [5, 5.41) is 25.1. The van der Waals surface area contributed by atoms with Gasteiger partial charge in [-0.05, 0) is 35.3 Å². The zero-order valence-electron chi connectivity index (χ0n) is 14.0. The Morgan fingerprint density at radius 1 is 1.32 bits per heavy atom. The van der Waals surface area contributed by atoms with E-state index in [4.69, 9.17) is 0 Å². The molecule has 2 heterocycles. The minimum atomic E-state index is -1.35. The third-order valence-corrected chi connectivity index (χ3v) is 4.86. The number of tetrazole rings is 1. The number of rotatable bonds is 6. The predicted molar refractivity (Wildman–Crippen MR) is 89.2 cm³/mol. The summed E-state index contributed by atoms with van der Waals surface area (Å²) in [6.45, 7) is 2.00. The fourth-order valence-electron chi connectivity index (χ4n) is 3.29. The third kappa shape index (κ3) is 3.54. The van der Waals surface area contributed by atoms with E-state index in [-0.39, 0.29) is 12.5 Å². The second-order valence-corrected chi connectivity index (χ2v) is 6.93. The van der Waals surface area contributed by atoms with Crippen molar-refractivity contribution in [3.8, 4) is 0 Å². The average Bonchev–Trinajstić information content (AvgIpc) is 3.24. The molecule has 0 bridgehead atoms. The van der Waals surface area contributed by atoms with E-state index in [0.29, 0.717) is 31.4 Å². The normalized spacial score (nSPS) is 23.7. The highest BCUT2D eigenvalue weighted by Crippen LogP contribution is 2.34. The van der Waals surface area contributed by atoms with Crippen molar-refractivity contribution in [1.29, 1.82) is 0 Å². The van der Waals surface area contributed by atoms with Crippen molar-refractivity contribution >= 4 is 5.91 Å². The molecule has 132 valence electrons. The smallest absolute Gasteiger partial charge is 0.253 e. The topological polar surface area (TPSA) is 96.2 Å². The fourth-order valence-corrected chi connectivity index (χ4v) is 3.29. The first-order chi connectivity index (χ1) is 12.1. The van der Waals surface area contributed by atoms with E-state index in [9.17, 15) is 9.90 Å². The number of β-amino-alcohol motifs (C(OH)–C–C–N with tert-alkyl or cyclic N) is 1. The summed E-state index contributed by atoms with van der Waals surface area (Å²) in [6.07, 6.45) is 2.58. The van der Waals surface area contributed by atoms with Gasteiger partial charge in [-0.3, -0.25) is 9.69 Å². The summed E-state index contributed by atoms with van der Waals surface area (Å²) in [6, 6.07) is 10.4. The molecule has 2 fully saturated rings. The molecule has 1 aromatic heterocycles. The van der Waals surface area contributed by atoms with Crippen molar-refractivity contribution in [1.82, 2.24) is 30.4 Å². The van der Waals surface area contributed by atoms with Crippen LogP contribution in [0.15, 0.2) is 30.3 Å². The van der Waals surface area contributed by atoms with E-state index in [1.807, 2.05) is 18.2 Å². The van der Waals surface area contributed by atoms with Gasteiger partial charge < -0.3 is 10.4 Å². The van der Waals surface area contributed by atoms with Crippen LogP contribution in [0.25, 0.3) is 0 Å². The van der Waals surface area contributed by atoms with E-state index >= 15 is 0 Å². The van der Waals surface area contributed by atoms with E-state index in [1.165, 1.54) is 5.56 Å². The Hall–Kier alpha value is -2.32. The maximum absolute atomic E-state index is 12.5. The number of nitrogens with one attached hydrogen (secondary N) is 1. The van der Waals surface area contributed by atoms with Crippen LogP contribution < -0.4 is 5.32 Å². The van der Waals surface area contributed by atoms with Crippen LogP contribution in [0.5, 0.6) is 0 Å². The second kappa shape index (κ2) is 6.53. The van der Waals surface area contributed by atoms with Crippen molar-refractivity contribution < 1.29 is 9.90 Å². The highest BCUT2D eigenvalue weighted by molar-refractivity contribution is 5.85. The highest BCUT2D eigenvalue weighted by Gasteiger charge is 2.42. The van der Waals surface area contributed by atoms with E-state index in [1.54, 1.807) is 4.68 Å². The quantitative estimate of drug-likeness (QED) is 0.782. The van der Waals surface area contributed by atoms with Crippen LogP contribution in [0.4, 0.5) is 0 Å². The van der Waals surface area contributed by atoms with Gasteiger partial charge in [-0.1, -0.05) is 30.3 Å². The van der Waals surface area contributed by atoms with Gasteiger partial charge in [0.2, 0.25) is 0 Å². The van der Waals surface area contributed by atoms with Crippen LogP contribution in [0.1, 0.15) is 36.7 Å². The first kappa shape index (κ1) is 16.2. The van der Waals surface area contributed by atoms with Crippen LogP contribution in [0.3, 0.4) is 0 Å². The molecule has 0 radical (unpaired) electrons. The Balaban J connectivity index is 1.33. The Bertz CT molecular complexity index is 745. The third-order valence-electron chi connectivity index (χ3n) is 4.86. The minimum Gasteiger partial charge on any atom is -0.379 e. The first-order valence-corrected chi connectivity index (χ1v) is 8.68. The molecule has 4 rings (SSSR count). The molecule has 2 aliphatic rings. The number of hydrogen-bond acceptors (Lipinski definition) is 6. The van der Waals surface area contributed by atoms with Gasteiger partial charge in [0.15, 0.2) is 11.4 Å². The number of nitrogens with zero attached hydrogens (tertiary/aromatic N) is 5. The van der Waals surface area contributed by atoms with Crippen molar-refractivity contribution in [3.05, 3.63) is 41.7 Å². The molecule has 1 saturated heterocycles. The largest absolute Gasteiger partial charge is 0.379 e. The number of aromatic nitrogens is 4. The van der Waals surface area contributed by atoms with Crippen LogP contribution in [0, 0.1) is 0 Å². The molecule has 1 amide bonds. The second-order valence-electron chi connectivity index (χ2n) is 6.93. The molecule has 2 N–H and O–H groups in total. The minimum absolute atomic E-state index is 0.239. The summed E-state index contributed by atoms with van der Waals surface area (Å²) in [5.41, 5.74) is -0.178. The Kier molecular flexibility index (Phi) is 4.22. The number of carbonyl (C=O) groups excluding carboxylic acids is 1. The first-order valence-electron chi connectivity index (χ1n) is 8.68. The van der Waals surface area contributed by atoms with Gasteiger partial charge in [0.1, 0.15) is 0 Å². The summed E-state index contributed by atoms with van der Waals surface area (Å²) in [4.78, 5) is 14.6. The molecule has 1 saturated carbocycles. The molecular formula is C17H22N6O2. The number of benzene rings is 1. The number of hydrogen-bond donors (Lipinski definition) is 2. The lowest BCUT2D eigenvalue weighted by atomic mass is 10.0. The van der Waals surface area contributed by atoms with Gasteiger partial charge in [0.25, 0.3) is 5.91 Å². The summed E-state index contributed by atoms with van der Waals surface area (Å²) in [7, 11) is 0. The van der Waals surface area contributed by atoms with Gasteiger partial charge in [-0.15, -0.1) is 5.10 Å². The lowest BCUT2D eigenvalue weighted by Gasteiger charge is -2.22. The van der Waals surface area contributed by atoms with Crippen LogP contribution in [0.2, 0.25) is 0 Å². The predicted octanol–water partition coefficient (Wildman–Crippen LogP) is 0.261. The van der Waals surface area contributed by atoms with Crippen LogP contribution in [-0.4, -0.2) is 54.8 Å². The summed E-state index contributed by atoms with van der Waals surface area (Å²) in [5.74, 6) is 0.284. The maximum Gasteiger partial charge on any atom is 0.253 e. The van der Waals surface area contributed by atoms with Crippen LogP contribution in [-0.2, 0) is 17.9 Å². The van der Waals surface area contributed by atoms with Gasteiger partial charge in [-0.25, -0.2) is 4.68 Å². The van der Waals surface area contributed by atoms with E-state index < -0.39 is 5.60 Å². The molecule has 1 unspecified atom stereocenters. The van der Waals surface area contributed by atoms with Gasteiger partial charge in [-0.2, -0.15) is 0 Å². The molecular weight excluding hydrogens is 320 g/mol. The van der Waals surface area contributed by atoms with E-state index in [0.717, 1.165) is 19.4 Å². The zero-order chi connectivity index (χ0) is 17.3. The highest BCUT2D eigenvalue weighted by atomic mass is 16.3. The van der Waals surface area contributed by atoms with Crippen molar-refractivity contribution in [2.75, 3.05) is 13.1 Å². The summed E-state index contributed by atoms with van der Waals surface area (Å²) < 4.78 is 1.76. The monoisotopic (exact) mass is 342 g/mol. The Morgan fingerprint density at radius 3 is 2.88 bits per heavy atom. The Labute approximate surface area is 145 Å². The molecule has 8 heteroatoms. The SMILES string of the molecule is O=C(NCc1nnnn1C1CC1)C1(O)CCN(Cc2ccccc2)C1. The molecule has 2 aromatic rings. The molecule has 8 nitrogen and oxygen atoms in total. The number of likely N-dealkylation sites (tertiary alicyclic amines) is 1. The lowest BCUT2D eigenvalue weighted by molar-refractivity contribution is -0.138. The number of carbonyl (C=O) groups is 1. The molecule has 0 spiro atoms. The Morgan fingerprint density at radius 2 is 2.12 bits per heavy atom. The van der Waals surface area contributed by atoms with E-state index in [2.05, 4.69) is 37.9 Å². The molecule has 1 aliphatic heterocycles. The average molecular weight is 342 g/mol. The molecule has 1 aromatic carbocycles. The maximum atomic E-state index is 12.5. The van der Waals surface area contributed by atoms with Gasteiger partial charge in [0, 0.05) is 19.6 Å². The van der Waals surface area contributed by atoms with Crippen molar-refractivity contribution in [2.45, 2.75) is 44.0 Å². The fraction of sp³-hybridized carbons (Fsp3) is 0.529. The summed E-state index contributed by atoms with van der Waals surface area (Å²) >= 11 is 0. The van der Waals surface area contributed by atoms with Crippen LogP contribution >= 0.6 is 0 Å². The lowest BCUT2D eigenvalue weighted by Crippen LogP contribution is -2.48. The molecule has 25 heavy (non-hydrogen) atoms. The standard InChI is InChI=1S/C17H22N6O2/c24-16(18-10-15-19-20-21-23(15)14-6-7-14)17(25)8-9-22(12-17)11-13-4-2-1-3-5-13/h1-5,14,25H,6-12H2,(H,18,24). The molecule has 1 aliphatic carbocycles. The van der Waals surface area contributed by atoms with Crippen molar-refractivity contribution in [2.24, 2.45) is 0 Å². The van der Waals surface area contributed by atoms with Gasteiger partial charge in [0.05, 0.1) is 12.6 Å². The zero-order valence-corrected chi connectivity index (χ0v) is 14.0.